The van der Waals surface area contributed by atoms with Crippen molar-refractivity contribution in [2.45, 2.75) is 6.92 Å². The number of rotatable bonds is 5. The molecule has 1 amide bonds. The molecule has 0 saturated heterocycles. The fourth-order valence-electron chi connectivity index (χ4n) is 2.07. The Bertz CT molecular complexity index is 892. The predicted molar refractivity (Wildman–Crippen MR) is 93.8 cm³/mol. The topological polar surface area (TPSA) is 110 Å². The van der Waals surface area contributed by atoms with Crippen molar-refractivity contribution >= 4 is 40.9 Å². The number of amides is 1. The van der Waals surface area contributed by atoms with Crippen LogP contribution in [0.2, 0.25) is 5.02 Å². The molecule has 25 heavy (non-hydrogen) atoms. The third kappa shape index (κ3) is 4.65. The summed E-state index contributed by atoms with van der Waals surface area (Å²) in [5, 5.41) is 22.7. The molecule has 0 aliphatic rings. The van der Waals surface area contributed by atoms with Gasteiger partial charge in [-0.15, -0.1) is 0 Å². The van der Waals surface area contributed by atoms with Crippen LogP contribution in [0.15, 0.2) is 48.0 Å². The Hall–Kier alpha value is -3.19. The van der Waals surface area contributed by atoms with Crippen molar-refractivity contribution in [3.05, 3.63) is 74.3 Å². The Morgan fingerprint density at radius 1 is 1.24 bits per heavy atom. The van der Waals surface area contributed by atoms with Gasteiger partial charge in [-0.2, -0.15) is 0 Å². The molecule has 0 aliphatic heterocycles. The summed E-state index contributed by atoms with van der Waals surface area (Å²) in [6.07, 6.45) is 1.47. The number of halogens is 1. The smallest absolute Gasteiger partial charge is 0.337 e. The first-order chi connectivity index (χ1) is 11.8. The zero-order valence-electron chi connectivity index (χ0n) is 13.0. The second-order valence-corrected chi connectivity index (χ2v) is 5.57. The third-order valence-electron chi connectivity index (χ3n) is 3.28. The highest BCUT2D eigenvalue weighted by molar-refractivity contribution is 6.31. The van der Waals surface area contributed by atoms with E-state index >= 15 is 0 Å². The van der Waals surface area contributed by atoms with Crippen molar-refractivity contribution in [3.63, 3.8) is 0 Å². The Labute approximate surface area is 147 Å². The van der Waals surface area contributed by atoms with E-state index in [0.29, 0.717) is 5.56 Å². The number of nitro benzene ring substituents is 1. The van der Waals surface area contributed by atoms with Crippen molar-refractivity contribution in [1.82, 2.24) is 0 Å². The van der Waals surface area contributed by atoms with Crippen LogP contribution in [0.3, 0.4) is 0 Å². The molecule has 0 unspecified atom stereocenters. The van der Waals surface area contributed by atoms with E-state index < -0.39 is 16.8 Å². The molecular formula is C17H13ClN2O5. The van der Waals surface area contributed by atoms with Gasteiger partial charge in [-0.1, -0.05) is 23.7 Å². The zero-order chi connectivity index (χ0) is 18.6. The van der Waals surface area contributed by atoms with Crippen molar-refractivity contribution in [3.8, 4) is 0 Å². The molecule has 0 saturated carbocycles. The molecule has 0 aromatic heterocycles. The molecule has 0 spiro atoms. The summed E-state index contributed by atoms with van der Waals surface area (Å²) in [7, 11) is 0. The average Bonchev–Trinajstić information content (AvgIpc) is 2.54. The van der Waals surface area contributed by atoms with Gasteiger partial charge < -0.3 is 10.4 Å². The number of hydrogen-bond acceptors (Lipinski definition) is 4. The SMILES string of the molecule is C/C(=C\c1cccc([N+](=O)[O-])c1)C(=O)Nc1cc(Cl)ccc1C(=O)O. The maximum absolute atomic E-state index is 12.3. The normalized spacial score (nSPS) is 11.0. The zero-order valence-corrected chi connectivity index (χ0v) is 13.8. The lowest BCUT2D eigenvalue weighted by atomic mass is 10.1. The monoisotopic (exact) mass is 360 g/mol. The van der Waals surface area contributed by atoms with Crippen LogP contribution in [0.5, 0.6) is 0 Å². The molecule has 2 rings (SSSR count). The quantitative estimate of drug-likeness (QED) is 0.476. The predicted octanol–water partition coefficient (Wildman–Crippen LogP) is 3.99. The molecule has 0 bridgehead atoms. The number of nitro groups is 1. The lowest BCUT2D eigenvalue weighted by molar-refractivity contribution is -0.384. The van der Waals surface area contributed by atoms with Crippen LogP contribution < -0.4 is 5.32 Å². The summed E-state index contributed by atoms with van der Waals surface area (Å²) in [6, 6.07) is 9.84. The van der Waals surface area contributed by atoms with Gasteiger partial charge in [-0.3, -0.25) is 14.9 Å². The number of carboxylic acid groups (broad SMARTS) is 1. The van der Waals surface area contributed by atoms with Crippen molar-refractivity contribution in [2.75, 3.05) is 5.32 Å². The number of carboxylic acids is 1. The highest BCUT2D eigenvalue weighted by atomic mass is 35.5. The average molecular weight is 361 g/mol. The minimum absolute atomic E-state index is 0.0665. The number of aromatic carboxylic acids is 1. The summed E-state index contributed by atoms with van der Waals surface area (Å²) >= 11 is 5.84. The number of nitrogens with zero attached hydrogens (tertiary/aromatic N) is 1. The number of non-ortho nitro benzene ring substituents is 1. The Kier molecular flexibility index (Phi) is 5.51. The van der Waals surface area contributed by atoms with Gasteiger partial charge in [0, 0.05) is 22.7 Å². The fraction of sp³-hybridized carbons (Fsp3) is 0.0588. The fourth-order valence-corrected chi connectivity index (χ4v) is 2.24. The van der Waals surface area contributed by atoms with Crippen LogP contribution in [0, 0.1) is 10.1 Å². The highest BCUT2D eigenvalue weighted by Gasteiger charge is 2.14. The molecule has 0 aliphatic carbocycles. The molecule has 0 heterocycles. The number of carbonyl (C=O) groups is 2. The first kappa shape index (κ1) is 18.2. The van der Waals surface area contributed by atoms with Crippen LogP contribution in [-0.4, -0.2) is 21.9 Å². The standard InChI is InChI=1S/C17H13ClN2O5/c1-10(7-11-3-2-4-13(8-11)20(24)25)16(21)19-15-9-12(18)5-6-14(15)17(22)23/h2-9H,1H3,(H,19,21)(H,22,23)/b10-7+. The molecule has 8 heteroatoms. The molecule has 0 atom stereocenters. The number of benzene rings is 2. The molecule has 2 aromatic carbocycles. The molecule has 2 N–H and O–H groups in total. The van der Waals surface area contributed by atoms with Gasteiger partial charge in [0.1, 0.15) is 0 Å². The van der Waals surface area contributed by atoms with Crippen molar-refractivity contribution < 1.29 is 19.6 Å². The highest BCUT2D eigenvalue weighted by Crippen LogP contribution is 2.22. The molecule has 7 nitrogen and oxygen atoms in total. The minimum Gasteiger partial charge on any atom is -0.478 e. The number of carbonyl (C=O) groups excluding carboxylic acids is 1. The molecule has 128 valence electrons. The van der Waals surface area contributed by atoms with Gasteiger partial charge in [0.15, 0.2) is 0 Å². The summed E-state index contributed by atoms with van der Waals surface area (Å²) in [5.41, 5.74) is 0.603. The first-order valence-corrected chi connectivity index (χ1v) is 7.42. The van der Waals surface area contributed by atoms with Crippen molar-refractivity contribution in [2.24, 2.45) is 0 Å². The molecular weight excluding hydrogens is 348 g/mol. The van der Waals surface area contributed by atoms with Gasteiger partial charge in [0.2, 0.25) is 0 Å². The van der Waals surface area contributed by atoms with E-state index in [-0.39, 0.29) is 27.5 Å². The van der Waals surface area contributed by atoms with Gasteiger partial charge >= 0.3 is 5.97 Å². The van der Waals surface area contributed by atoms with Gasteiger partial charge in [-0.25, -0.2) is 4.79 Å². The van der Waals surface area contributed by atoms with Gasteiger partial charge in [0.05, 0.1) is 16.2 Å². The molecule has 2 aromatic rings. The minimum atomic E-state index is -1.20. The van der Waals surface area contributed by atoms with Crippen LogP contribution in [0.25, 0.3) is 6.08 Å². The van der Waals surface area contributed by atoms with Crippen molar-refractivity contribution in [1.29, 1.82) is 0 Å². The summed E-state index contributed by atoms with van der Waals surface area (Å²) in [5.74, 6) is -1.75. The first-order valence-electron chi connectivity index (χ1n) is 7.05. The van der Waals surface area contributed by atoms with E-state index in [1.807, 2.05) is 0 Å². The van der Waals surface area contributed by atoms with Crippen LogP contribution in [-0.2, 0) is 4.79 Å². The molecule has 0 radical (unpaired) electrons. The van der Waals surface area contributed by atoms with E-state index in [1.54, 1.807) is 6.07 Å². The molecule has 0 fully saturated rings. The van der Waals surface area contributed by atoms with Crippen LogP contribution >= 0.6 is 11.6 Å². The summed E-state index contributed by atoms with van der Waals surface area (Å²) in [6.45, 7) is 1.51. The third-order valence-corrected chi connectivity index (χ3v) is 3.52. The van der Waals surface area contributed by atoms with Gasteiger partial charge in [-0.05, 0) is 36.8 Å². The van der Waals surface area contributed by atoms with Crippen LogP contribution in [0.4, 0.5) is 11.4 Å². The van der Waals surface area contributed by atoms with E-state index in [4.69, 9.17) is 16.7 Å². The van der Waals surface area contributed by atoms with Gasteiger partial charge in [0.25, 0.3) is 11.6 Å². The number of nitrogens with one attached hydrogen (secondary N) is 1. The van der Waals surface area contributed by atoms with E-state index in [9.17, 15) is 19.7 Å². The Balaban J connectivity index is 2.26. The maximum Gasteiger partial charge on any atom is 0.337 e. The van der Waals surface area contributed by atoms with Crippen LogP contribution in [0.1, 0.15) is 22.8 Å². The number of anilines is 1. The second kappa shape index (κ2) is 7.59. The lowest BCUT2D eigenvalue weighted by Gasteiger charge is -2.09. The van der Waals surface area contributed by atoms with E-state index in [2.05, 4.69) is 5.32 Å². The van der Waals surface area contributed by atoms with E-state index in [1.165, 1.54) is 49.4 Å². The maximum atomic E-state index is 12.3. The van der Waals surface area contributed by atoms with E-state index in [0.717, 1.165) is 0 Å². The summed E-state index contributed by atoms with van der Waals surface area (Å²) < 4.78 is 0. The Morgan fingerprint density at radius 2 is 1.96 bits per heavy atom. The second-order valence-electron chi connectivity index (χ2n) is 5.13. The summed E-state index contributed by atoms with van der Waals surface area (Å²) in [4.78, 5) is 33.7. The number of hydrogen-bond donors (Lipinski definition) is 2. The largest absolute Gasteiger partial charge is 0.478 e. The Morgan fingerprint density at radius 3 is 2.60 bits per heavy atom. The lowest BCUT2D eigenvalue weighted by Crippen LogP contribution is -2.15.